The predicted molar refractivity (Wildman–Crippen MR) is 84.9 cm³/mol. The van der Waals surface area contributed by atoms with Gasteiger partial charge in [0.15, 0.2) is 0 Å². The first kappa shape index (κ1) is 13.1. The van der Waals surface area contributed by atoms with Gasteiger partial charge in [-0.1, -0.05) is 6.07 Å². The van der Waals surface area contributed by atoms with Crippen molar-refractivity contribution >= 4 is 28.6 Å². The summed E-state index contributed by atoms with van der Waals surface area (Å²) >= 11 is 0. The van der Waals surface area contributed by atoms with Crippen LogP contribution in [0.4, 0.5) is 5.69 Å². The minimum absolute atomic E-state index is 0.162. The van der Waals surface area contributed by atoms with Gasteiger partial charge in [0, 0.05) is 40.8 Å². The number of carbonyl (C=O) groups excluding carboxylic acids is 1. The zero-order chi connectivity index (χ0) is 14.7. The van der Waals surface area contributed by atoms with Crippen molar-refractivity contribution in [3.05, 3.63) is 66.1 Å². The van der Waals surface area contributed by atoms with E-state index in [4.69, 9.17) is 0 Å². The first-order valence-electron chi connectivity index (χ1n) is 6.69. The Labute approximate surface area is 122 Å². The average molecular weight is 277 g/mol. The first-order valence-corrected chi connectivity index (χ1v) is 6.69. The van der Waals surface area contributed by atoms with Crippen molar-refractivity contribution in [3.8, 4) is 0 Å². The maximum absolute atomic E-state index is 11.9. The third-order valence-electron chi connectivity index (χ3n) is 3.13. The quantitative estimate of drug-likeness (QED) is 0.720. The monoisotopic (exact) mass is 277 g/mol. The molecule has 21 heavy (non-hydrogen) atoms. The molecule has 0 saturated carbocycles. The standard InChI is InChI=1S/C17H15N3O/c1-12-9-14-10-15(5-6-16(14)19-12)20-17(21)7-4-13-3-2-8-18-11-13/h2-11,19H,1H3,(H,20,21)/b7-4+. The molecule has 0 atom stereocenters. The zero-order valence-corrected chi connectivity index (χ0v) is 11.6. The number of rotatable bonds is 3. The van der Waals surface area contributed by atoms with Gasteiger partial charge in [0.25, 0.3) is 0 Å². The Bertz CT molecular complexity index is 803. The average Bonchev–Trinajstić information content (AvgIpc) is 2.85. The van der Waals surface area contributed by atoms with Gasteiger partial charge in [0.2, 0.25) is 5.91 Å². The highest BCUT2D eigenvalue weighted by molar-refractivity contribution is 6.02. The van der Waals surface area contributed by atoms with Gasteiger partial charge in [-0.3, -0.25) is 9.78 Å². The van der Waals surface area contributed by atoms with Crippen molar-refractivity contribution in [1.29, 1.82) is 0 Å². The lowest BCUT2D eigenvalue weighted by atomic mass is 10.2. The van der Waals surface area contributed by atoms with Gasteiger partial charge in [-0.2, -0.15) is 0 Å². The van der Waals surface area contributed by atoms with Crippen LogP contribution in [-0.2, 0) is 4.79 Å². The number of pyridine rings is 1. The molecule has 4 heteroatoms. The minimum atomic E-state index is -0.162. The molecule has 0 unspecified atom stereocenters. The Hall–Kier alpha value is -2.88. The highest BCUT2D eigenvalue weighted by Crippen LogP contribution is 2.19. The van der Waals surface area contributed by atoms with Crippen LogP contribution >= 0.6 is 0 Å². The zero-order valence-electron chi connectivity index (χ0n) is 11.6. The lowest BCUT2D eigenvalue weighted by Gasteiger charge is -2.02. The van der Waals surface area contributed by atoms with Crippen molar-refractivity contribution in [2.45, 2.75) is 6.92 Å². The van der Waals surface area contributed by atoms with Gasteiger partial charge in [-0.15, -0.1) is 0 Å². The van der Waals surface area contributed by atoms with Crippen LogP contribution in [0, 0.1) is 6.92 Å². The molecular weight excluding hydrogens is 262 g/mol. The molecule has 0 aliphatic rings. The van der Waals surface area contributed by atoms with Crippen molar-refractivity contribution in [2.24, 2.45) is 0 Å². The van der Waals surface area contributed by atoms with E-state index in [0.717, 1.165) is 27.8 Å². The molecule has 0 spiro atoms. The number of aromatic nitrogens is 2. The lowest BCUT2D eigenvalue weighted by Crippen LogP contribution is -2.07. The van der Waals surface area contributed by atoms with Gasteiger partial charge in [-0.25, -0.2) is 0 Å². The van der Waals surface area contributed by atoms with E-state index in [1.54, 1.807) is 18.5 Å². The van der Waals surface area contributed by atoms with E-state index in [1.165, 1.54) is 6.08 Å². The van der Waals surface area contributed by atoms with Crippen molar-refractivity contribution in [2.75, 3.05) is 5.32 Å². The molecule has 104 valence electrons. The molecule has 1 amide bonds. The largest absolute Gasteiger partial charge is 0.359 e. The summed E-state index contributed by atoms with van der Waals surface area (Å²) in [5.74, 6) is -0.162. The summed E-state index contributed by atoms with van der Waals surface area (Å²) in [5.41, 5.74) is 3.84. The molecule has 0 fully saturated rings. The predicted octanol–water partition coefficient (Wildman–Crippen LogP) is 3.52. The molecule has 3 rings (SSSR count). The summed E-state index contributed by atoms with van der Waals surface area (Å²) in [7, 11) is 0. The number of hydrogen-bond donors (Lipinski definition) is 2. The Kier molecular flexibility index (Phi) is 3.51. The molecule has 0 aliphatic heterocycles. The second kappa shape index (κ2) is 5.63. The number of amides is 1. The van der Waals surface area contributed by atoms with Crippen LogP contribution in [0.5, 0.6) is 0 Å². The molecule has 2 heterocycles. The van der Waals surface area contributed by atoms with Gasteiger partial charge >= 0.3 is 0 Å². The molecule has 0 bridgehead atoms. The molecule has 4 nitrogen and oxygen atoms in total. The number of benzene rings is 1. The van der Waals surface area contributed by atoms with Gasteiger partial charge < -0.3 is 10.3 Å². The van der Waals surface area contributed by atoms with E-state index >= 15 is 0 Å². The Morgan fingerprint density at radius 2 is 2.19 bits per heavy atom. The number of aromatic amines is 1. The summed E-state index contributed by atoms with van der Waals surface area (Å²) in [6.45, 7) is 2.01. The van der Waals surface area contributed by atoms with E-state index < -0.39 is 0 Å². The smallest absolute Gasteiger partial charge is 0.248 e. The third-order valence-corrected chi connectivity index (χ3v) is 3.13. The van der Waals surface area contributed by atoms with Crippen LogP contribution in [0.3, 0.4) is 0 Å². The van der Waals surface area contributed by atoms with Gasteiger partial charge in [0.1, 0.15) is 0 Å². The van der Waals surface area contributed by atoms with Crippen molar-refractivity contribution in [1.82, 2.24) is 9.97 Å². The van der Waals surface area contributed by atoms with Crippen LogP contribution in [0.1, 0.15) is 11.3 Å². The minimum Gasteiger partial charge on any atom is -0.359 e. The molecular formula is C17H15N3O. The molecule has 2 aromatic heterocycles. The molecule has 1 aromatic carbocycles. The number of fused-ring (bicyclic) bond motifs is 1. The second-order valence-corrected chi connectivity index (χ2v) is 4.86. The fourth-order valence-electron chi connectivity index (χ4n) is 2.19. The number of nitrogens with one attached hydrogen (secondary N) is 2. The summed E-state index contributed by atoms with van der Waals surface area (Å²) < 4.78 is 0. The molecule has 0 aliphatic carbocycles. The van der Waals surface area contributed by atoms with Crippen molar-refractivity contribution in [3.63, 3.8) is 0 Å². The highest BCUT2D eigenvalue weighted by atomic mass is 16.1. The summed E-state index contributed by atoms with van der Waals surface area (Å²) in [6, 6.07) is 11.6. The van der Waals surface area contributed by atoms with E-state index in [2.05, 4.69) is 21.4 Å². The number of carbonyl (C=O) groups is 1. The summed E-state index contributed by atoms with van der Waals surface area (Å²) in [6.07, 6.45) is 6.65. The first-order chi connectivity index (χ1) is 10.2. The summed E-state index contributed by atoms with van der Waals surface area (Å²) in [5, 5.41) is 3.94. The molecule has 3 aromatic rings. The number of anilines is 1. The topological polar surface area (TPSA) is 57.8 Å². The SMILES string of the molecule is Cc1cc2cc(NC(=O)/C=C/c3cccnc3)ccc2[nH]1. The number of aryl methyl sites for hydroxylation is 1. The molecule has 2 N–H and O–H groups in total. The van der Waals surface area contributed by atoms with Crippen molar-refractivity contribution < 1.29 is 4.79 Å². The van der Waals surface area contributed by atoms with E-state index in [9.17, 15) is 4.79 Å². The van der Waals surface area contributed by atoms with Gasteiger partial charge in [-0.05, 0) is 48.9 Å². The fourth-order valence-corrected chi connectivity index (χ4v) is 2.19. The normalized spacial score (nSPS) is 11.1. The summed E-state index contributed by atoms with van der Waals surface area (Å²) in [4.78, 5) is 19.1. The lowest BCUT2D eigenvalue weighted by molar-refractivity contribution is -0.111. The second-order valence-electron chi connectivity index (χ2n) is 4.86. The Morgan fingerprint density at radius 1 is 1.29 bits per heavy atom. The highest BCUT2D eigenvalue weighted by Gasteiger charge is 2.01. The van der Waals surface area contributed by atoms with Gasteiger partial charge in [0.05, 0.1) is 0 Å². The molecule has 0 saturated heterocycles. The van der Waals surface area contributed by atoms with Crippen LogP contribution < -0.4 is 5.32 Å². The maximum Gasteiger partial charge on any atom is 0.248 e. The van der Waals surface area contributed by atoms with E-state index in [0.29, 0.717) is 0 Å². The number of hydrogen-bond acceptors (Lipinski definition) is 2. The van der Waals surface area contributed by atoms with Crippen LogP contribution in [0.2, 0.25) is 0 Å². The number of H-pyrrole nitrogens is 1. The van der Waals surface area contributed by atoms with E-state index in [-0.39, 0.29) is 5.91 Å². The fraction of sp³-hybridized carbons (Fsp3) is 0.0588. The van der Waals surface area contributed by atoms with E-state index in [1.807, 2.05) is 37.3 Å². The number of nitrogens with zero attached hydrogens (tertiary/aromatic N) is 1. The van der Waals surface area contributed by atoms with Crippen LogP contribution in [0.15, 0.2) is 54.9 Å². The van der Waals surface area contributed by atoms with Crippen LogP contribution in [0.25, 0.3) is 17.0 Å². The molecule has 0 radical (unpaired) electrons. The Morgan fingerprint density at radius 3 is 3.00 bits per heavy atom. The third kappa shape index (κ3) is 3.17. The van der Waals surface area contributed by atoms with Crippen LogP contribution in [-0.4, -0.2) is 15.9 Å². The Balaban J connectivity index is 1.72. The maximum atomic E-state index is 11.9.